The van der Waals surface area contributed by atoms with Crippen LogP contribution in [-0.2, 0) is 0 Å². The minimum absolute atomic E-state index is 0.128. The van der Waals surface area contributed by atoms with E-state index in [1.807, 2.05) is 24.5 Å². The molecule has 9 heteroatoms. The predicted octanol–water partition coefficient (Wildman–Crippen LogP) is 4.28. The molecule has 1 unspecified atom stereocenters. The Morgan fingerprint density at radius 1 is 1.31 bits per heavy atom. The minimum atomic E-state index is -0.583. The number of hydrogen-bond donors (Lipinski definition) is 1. The molecule has 148 valence electrons. The van der Waals surface area contributed by atoms with Gasteiger partial charge in [-0.15, -0.1) is 0 Å². The second-order valence-corrected chi connectivity index (χ2v) is 7.12. The highest BCUT2D eigenvalue weighted by molar-refractivity contribution is 7.03. The van der Waals surface area contributed by atoms with E-state index in [-0.39, 0.29) is 19.0 Å². The summed E-state index contributed by atoms with van der Waals surface area (Å²) in [7, 11) is 0. The average molecular weight is 411 g/mol. The molecule has 0 saturated carbocycles. The summed E-state index contributed by atoms with van der Waals surface area (Å²) in [6, 6.07) is 3.03. The molecule has 3 heterocycles. The van der Waals surface area contributed by atoms with Crippen LogP contribution in [-0.4, -0.2) is 33.1 Å². The molecule has 0 aromatic carbocycles. The monoisotopic (exact) mass is 411 g/mol. The normalized spacial score (nSPS) is 15.1. The summed E-state index contributed by atoms with van der Waals surface area (Å²) in [5.74, 6) is 0.160. The zero-order valence-electron chi connectivity index (χ0n) is 15.4. The fourth-order valence-corrected chi connectivity index (χ4v) is 3.38. The van der Waals surface area contributed by atoms with Crippen LogP contribution in [0.5, 0.6) is 5.88 Å². The van der Waals surface area contributed by atoms with Crippen LogP contribution in [0.15, 0.2) is 77.2 Å². The SMILES string of the molecule is O=NC(CNC1=CC=C(n2cc3ccncc3c2)C(F)=CC1)COc1ccsn1. The number of fused-ring (bicyclic) bond motifs is 1. The lowest BCUT2D eigenvalue weighted by molar-refractivity contribution is 0.279. The van der Waals surface area contributed by atoms with Crippen LogP contribution >= 0.6 is 11.5 Å². The highest BCUT2D eigenvalue weighted by Crippen LogP contribution is 2.26. The molecule has 3 aromatic rings. The van der Waals surface area contributed by atoms with Crippen molar-refractivity contribution >= 4 is 28.0 Å². The maximum absolute atomic E-state index is 14.6. The van der Waals surface area contributed by atoms with Crippen LogP contribution in [0.25, 0.3) is 16.5 Å². The number of halogens is 1. The van der Waals surface area contributed by atoms with E-state index < -0.39 is 6.04 Å². The van der Waals surface area contributed by atoms with Gasteiger partial charge in [0.15, 0.2) is 0 Å². The van der Waals surface area contributed by atoms with Gasteiger partial charge >= 0.3 is 0 Å². The van der Waals surface area contributed by atoms with E-state index in [1.54, 1.807) is 34.5 Å². The highest BCUT2D eigenvalue weighted by atomic mass is 32.1. The van der Waals surface area contributed by atoms with Gasteiger partial charge in [-0.05, 0) is 35.8 Å². The summed E-state index contributed by atoms with van der Waals surface area (Å²) in [4.78, 5) is 15.2. The average Bonchev–Trinajstić information content (AvgIpc) is 3.37. The maximum Gasteiger partial charge on any atom is 0.225 e. The van der Waals surface area contributed by atoms with Gasteiger partial charge in [0.25, 0.3) is 0 Å². The van der Waals surface area contributed by atoms with Crippen molar-refractivity contribution in [3.8, 4) is 5.88 Å². The summed E-state index contributed by atoms with van der Waals surface area (Å²) >= 11 is 1.27. The molecule has 1 aliphatic rings. The molecule has 0 fully saturated rings. The first-order valence-corrected chi connectivity index (χ1v) is 9.85. The fraction of sp³-hybridized carbons (Fsp3) is 0.200. The zero-order chi connectivity index (χ0) is 20.1. The third kappa shape index (κ3) is 4.57. The van der Waals surface area contributed by atoms with Crippen molar-refractivity contribution in [2.45, 2.75) is 12.5 Å². The molecule has 0 amide bonds. The van der Waals surface area contributed by atoms with Crippen molar-refractivity contribution in [3.63, 3.8) is 0 Å². The summed E-state index contributed by atoms with van der Waals surface area (Å²) in [5, 5.41) is 9.97. The summed E-state index contributed by atoms with van der Waals surface area (Å²) in [6.07, 6.45) is 12.6. The Kier molecular flexibility index (Phi) is 5.76. The molecule has 1 atom stereocenters. The Morgan fingerprint density at radius 2 is 2.21 bits per heavy atom. The van der Waals surface area contributed by atoms with E-state index in [9.17, 15) is 9.30 Å². The van der Waals surface area contributed by atoms with Crippen molar-refractivity contribution in [1.29, 1.82) is 0 Å². The van der Waals surface area contributed by atoms with Gasteiger partial charge in [-0.1, -0.05) is 5.18 Å². The fourth-order valence-electron chi connectivity index (χ4n) is 2.92. The van der Waals surface area contributed by atoms with E-state index in [0.29, 0.717) is 18.0 Å². The number of ether oxygens (including phenoxy) is 1. The lowest BCUT2D eigenvalue weighted by Crippen LogP contribution is -2.29. The standard InChI is InChI=1S/C20H18FN5O2S/c21-18-3-1-16(23-10-17(24-27)13-28-20-6-8-29-25-20)2-4-19(18)26-11-14-5-7-22-9-15(14)12-26/h2-9,11-12,17,23H,1,10,13H2. The van der Waals surface area contributed by atoms with Crippen molar-refractivity contribution in [3.05, 3.63) is 77.0 Å². The Balaban J connectivity index is 1.42. The number of nitroso groups, excluding NO2 is 1. The molecule has 0 saturated heterocycles. The van der Waals surface area contributed by atoms with Gasteiger partial charge < -0.3 is 14.6 Å². The molecule has 1 aliphatic carbocycles. The number of allylic oxidation sites excluding steroid dienone is 5. The summed E-state index contributed by atoms with van der Waals surface area (Å²) < 4.78 is 25.8. The molecule has 0 spiro atoms. The molecule has 29 heavy (non-hydrogen) atoms. The van der Waals surface area contributed by atoms with Crippen LogP contribution in [0.4, 0.5) is 4.39 Å². The zero-order valence-corrected chi connectivity index (χ0v) is 16.2. The Hall–Kier alpha value is -3.33. The first-order chi connectivity index (χ1) is 14.2. The van der Waals surface area contributed by atoms with Gasteiger partial charge in [-0.3, -0.25) is 4.98 Å². The third-order valence-electron chi connectivity index (χ3n) is 4.46. The third-order valence-corrected chi connectivity index (χ3v) is 5.00. The Morgan fingerprint density at radius 3 is 3.00 bits per heavy atom. The van der Waals surface area contributed by atoms with E-state index in [0.717, 1.165) is 16.5 Å². The molecular weight excluding hydrogens is 393 g/mol. The molecule has 0 aliphatic heterocycles. The second kappa shape index (κ2) is 8.78. The molecule has 7 nitrogen and oxygen atoms in total. The van der Waals surface area contributed by atoms with E-state index in [4.69, 9.17) is 4.74 Å². The van der Waals surface area contributed by atoms with Gasteiger partial charge in [-0.2, -0.15) is 9.28 Å². The lowest BCUT2D eigenvalue weighted by atomic mass is 10.2. The Bertz CT molecular complexity index is 1050. The largest absolute Gasteiger partial charge is 0.475 e. The molecular formula is C20H18FN5O2S. The lowest BCUT2D eigenvalue weighted by Gasteiger charge is -2.13. The van der Waals surface area contributed by atoms with E-state index in [2.05, 4.69) is 19.9 Å². The highest BCUT2D eigenvalue weighted by Gasteiger charge is 2.14. The first kappa shape index (κ1) is 19.0. The van der Waals surface area contributed by atoms with Crippen molar-refractivity contribution in [1.82, 2.24) is 19.2 Å². The van der Waals surface area contributed by atoms with Crippen LogP contribution in [0.2, 0.25) is 0 Å². The topological polar surface area (TPSA) is 81.4 Å². The number of hydrogen-bond acceptors (Lipinski definition) is 7. The van der Waals surface area contributed by atoms with Crippen LogP contribution in [0.1, 0.15) is 6.42 Å². The number of rotatable bonds is 8. The number of aromatic nitrogens is 3. The number of nitrogens with zero attached hydrogens (tertiary/aromatic N) is 4. The number of nitrogens with one attached hydrogen (secondary N) is 1. The maximum atomic E-state index is 14.6. The number of pyridine rings is 1. The Labute approximate surface area is 170 Å². The molecule has 3 aromatic heterocycles. The quantitative estimate of drug-likeness (QED) is 0.560. The van der Waals surface area contributed by atoms with Gasteiger partial charge in [0.1, 0.15) is 18.5 Å². The smallest absolute Gasteiger partial charge is 0.225 e. The molecule has 0 radical (unpaired) electrons. The first-order valence-electron chi connectivity index (χ1n) is 9.01. The summed E-state index contributed by atoms with van der Waals surface area (Å²) in [5.41, 5.74) is 1.23. The van der Waals surface area contributed by atoms with Crippen molar-refractivity contribution in [2.24, 2.45) is 5.18 Å². The van der Waals surface area contributed by atoms with Gasteiger partial charge in [-0.25, -0.2) is 4.39 Å². The van der Waals surface area contributed by atoms with E-state index >= 15 is 0 Å². The molecule has 4 rings (SSSR count). The van der Waals surface area contributed by atoms with Gasteiger partial charge in [0.05, 0.1) is 5.70 Å². The molecule has 0 bridgehead atoms. The van der Waals surface area contributed by atoms with Crippen LogP contribution in [0.3, 0.4) is 0 Å². The van der Waals surface area contributed by atoms with Gasteiger partial charge in [0.2, 0.25) is 5.88 Å². The molecule has 1 N–H and O–H groups in total. The van der Waals surface area contributed by atoms with Crippen LogP contribution in [0, 0.1) is 4.91 Å². The van der Waals surface area contributed by atoms with E-state index in [1.165, 1.54) is 17.6 Å². The predicted molar refractivity (Wildman–Crippen MR) is 111 cm³/mol. The van der Waals surface area contributed by atoms with Crippen molar-refractivity contribution in [2.75, 3.05) is 13.2 Å². The minimum Gasteiger partial charge on any atom is -0.475 e. The van der Waals surface area contributed by atoms with Crippen molar-refractivity contribution < 1.29 is 9.13 Å². The van der Waals surface area contributed by atoms with Gasteiger partial charge in [0, 0.05) is 65.7 Å². The second-order valence-electron chi connectivity index (χ2n) is 6.46. The summed E-state index contributed by atoms with van der Waals surface area (Å²) in [6.45, 7) is 0.417. The van der Waals surface area contributed by atoms with Crippen LogP contribution < -0.4 is 10.1 Å².